The van der Waals surface area contributed by atoms with Crippen LogP contribution < -0.4 is 16.4 Å². The van der Waals surface area contributed by atoms with Crippen molar-refractivity contribution in [1.82, 2.24) is 5.32 Å². The highest BCUT2D eigenvalue weighted by atomic mass is 19.1. The van der Waals surface area contributed by atoms with E-state index in [0.29, 0.717) is 12.1 Å². The molecule has 0 aliphatic carbocycles. The fourth-order valence-corrected chi connectivity index (χ4v) is 1.54. The molecule has 0 aliphatic rings. The second kappa shape index (κ2) is 6.64. The van der Waals surface area contributed by atoms with E-state index in [0.717, 1.165) is 0 Å². The van der Waals surface area contributed by atoms with Crippen LogP contribution in [0.5, 0.6) is 0 Å². The Morgan fingerprint density at radius 1 is 1.29 bits per heavy atom. The molecule has 1 rings (SSSR count). The van der Waals surface area contributed by atoms with Crippen molar-refractivity contribution in [3.05, 3.63) is 29.3 Å². The standard InChI is InChI=1S/C12H13F2N3O4/c1-5(2-10(15)18)16-12(21)17-9-3-6(11(19)20)7(13)4-8(9)14/h3-5H,2H2,1H3,(H2,15,18)(H,19,20)(H2,16,17,21). The molecular formula is C12H13F2N3O4. The molecular weight excluding hydrogens is 288 g/mol. The summed E-state index contributed by atoms with van der Waals surface area (Å²) in [6.45, 7) is 1.49. The zero-order valence-corrected chi connectivity index (χ0v) is 10.9. The first-order valence-corrected chi connectivity index (χ1v) is 5.79. The third kappa shape index (κ3) is 4.71. The van der Waals surface area contributed by atoms with Crippen molar-refractivity contribution < 1.29 is 28.3 Å². The van der Waals surface area contributed by atoms with Gasteiger partial charge in [0.05, 0.1) is 11.3 Å². The quantitative estimate of drug-likeness (QED) is 0.649. The van der Waals surface area contributed by atoms with E-state index in [9.17, 15) is 23.2 Å². The number of aromatic carboxylic acids is 1. The van der Waals surface area contributed by atoms with Gasteiger partial charge in [0.1, 0.15) is 11.6 Å². The van der Waals surface area contributed by atoms with Crippen LogP contribution in [-0.4, -0.2) is 29.1 Å². The van der Waals surface area contributed by atoms with Crippen molar-refractivity contribution in [3.63, 3.8) is 0 Å². The molecule has 0 spiro atoms. The third-order valence-electron chi connectivity index (χ3n) is 2.42. The summed E-state index contributed by atoms with van der Waals surface area (Å²) < 4.78 is 26.6. The van der Waals surface area contributed by atoms with Crippen molar-refractivity contribution >= 4 is 23.6 Å². The van der Waals surface area contributed by atoms with E-state index in [4.69, 9.17) is 10.8 Å². The van der Waals surface area contributed by atoms with Crippen LogP contribution in [-0.2, 0) is 4.79 Å². The Morgan fingerprint density at radius 2 is 1.90 bits per heavy atom. The summed E-state index contributed by atoms with van der Waals surface area (Å²) in [6, 6.07) is -0.479. The van der Waals surface area contributed by atoms with Crippen molar-refractivity contribution in [2.45, 2.75) is 19.4 Å². The molecule has 0 bridgehead atoms. The van der Waals surface area contributed by atoms with Crippen LogP contribution >= 0.6 is 0 Å². The lowest BCUT2D eigenvalue weighted by Gasteiger charge is -2.13. The Balaban J connectivity index is 2.83. The number of carboxylic acids is 1. The number of benzene rings is 1. The third-order valence-corrected chi connectivity index (χ3v) is 2.42. The van der Waals surface area contributed by atoms with Gasteiger partial charge in [-0.15, -0.1) is 0 Å². The number of carboxylic acid groups (broad SMARTS) is 1. The van der Waals surface area contributed by atoms with E-state index in [-0.39, 0.29) is 6.42 Å². The van der Waals surface area contributed by atoms with Crippen LogP contribution in [0.2, 0.25) is 0 Å². The number of hydrogen-bond donors (Lipinski definition) is 4. The minimum atomic E-state index is -1.60. The highest BCUT2D eigenvalue weighted by molar-refractivity contribution is 5.93. The van der Waals surface area contributed by atoms with E-state index in [1.165, 1.54) is 6.92 Å². The van der Waals surface area contributed by atoms with Crippen LogP contribution in [0.15, 0.2) is 12.1 Å². The molecule has 0 saturated heterocycles. The van der Waals surface area contributed by atoms with Gasteiger partial charge in [0.15, 0.2) is 0 Å². The normalized spacial score (nSPS) is 11.6. The van der Waals surface area contributed by atoms with Gasteiger partial charge in [-0.05, 0) is 13.0 Å². The van der Waals surface area contributed by atoms with E-state index in [1.54, 1.807) is 0 Å². The van der Waals surface area contributed by atoms with Crippen molar-refractivity contribution in [2.75, 3.05) is 5.32 Å². The number of rotatable bonds is 5. The highest BCUT2D eigenvalue weighted by Crippen LogP contribution is 2.19. The topological polar surface area (TPSA) is 122 Å². The van der Waals surface area contributed by atoms with Crippen molar-refractivity contribution in [1.29, 1.82) is 0 Å². The lowest BCUT2D eigenvalue weighted by molar-refractivity contribution is -0.118. The van der Waals surface area contributed by atoms with Gasteiger partial charge in [0.25, 0.3) is 0 Å². The second-order valence-electron chi connectivity index (χ2n) is 4.29. The summed E-state index contributed by atoms with van der Waals surface area (Å²) in [5, 5.41) is 13.0. The second-order valence-corrected chi connectivity index (χ2v) is 4.29. The highest BCUT2D eigenvalue weighted by Gasteiger charge is 2.17. The molecule has 21 heavy (non-hydrogen) atoms. The molecule has 0 fully saturated rings. The molecule has 0 saturated carbocycles. The Bertz CT molecular complexity index is 592. The minimum absolute atomic E-state index is 0.125. The summed E-state index contributed by atoms with van der Waals surface area (Å²) in [4.78, 5) is 32.9. The maximum atomic E-state index is 13.5. The summed E-state index contributed by atoms with van der Waals surface area (Å²) in [7, 11) is 0. The van der Waals surface area contributed by atoms with E-state index < -0.39 is 46.8 Å². The number of halogens is 2. The average Bonchev–Trinajstić information content (AvgIpc) is 2.30. The van der Waals surface area contributed by atoms with Gasteiger partial charge >= 0.3 is 12.0 Å². The zero-order chi connectivity index (χ0) is 16.2. The fourth-order valence-electron chi connectivity index (χ4n) is 1.54. The Kier molecular flexibility index (Phi) is 5.17. The number of amides is 3. The molecule has 1 aromatic carbocycles. The van der Waals surface area contributed by atoms with Crippen LogP contribution in [0.1, 0.15) is 23.7 Å². The van der Waals surface area contributed by atoms with Crippen LogP contribution in [0.25, 0.3) is 0 Å². The minimum Gasteiger partial charge on any atom is -0.478 e. The summed E-state index contributed by atoms with van der Waals surface area (Å²) in [5.74, 6) is -4.62. The first-order chi connectivity index (χ1) is 9.70. The van der Waals surface area contributed by atoms with Gasteiger partial charge in [-0.1, -0.05) is 0 Å². The molecule has 114 valence electrons. The largest absolute Gasteiger partial charge is 0.478 e. The Hall–Kier alpha value is -2.71. The number of nitrogens with two attached hydrogens (primary N) is 1. The number of urea groups is 1. The van der Waals surface area contributed by atoms with Crippen LogP contribution in [0.3, 0.4) is 0 Å². The predicted octanol–water partition coefficient (Wildman–Crippen LogP) is 1.05. The summed E-state index contributed by atoms with van der Waals surface area (Å²) >= 11 is 0. The molecule has 1 unspecified atom stereocenters. The molecule has 0 radical (unpaired) electrons. The number of hydrogen-bond acceptors (Lipinski definition) is 3. The predicted molar refractivity (Wildman–Crippen MR) is 68.7 cm³/mol. The number of primary amides is 1. The number of carbonyl (C=O) groups is 3. The number of nitrogens with one attached hydrogen (secondary N) is 2. The average molecular weight is 301 g/mol. The SMILES string of the molecule is CC(CC(N)=O)NC(=O)Nc1cc(C(=O)O)c(F)cc1F. The lowest BCUT2D eigenvalue weighted by Crippen LogP contribution is -2.38. The van der Waals surface area contributed by atoms with Crippen LogP contribution in [0.4, 0.5) is 19.3 Å². The molecule has 5 N–H and O–H groups in total. The first kappa shape index (κ1) is 16.3. The molecule has 0 aliphatic heterocycles. The first-order valence-electron chi connectivity index (χ1n) is 5.79. The maximum Gasteiger partial charge on any atom is 0.338 e. The Labute approximate surface area is 118 Å². The zero-order valence-electron chi connectivity index (χ0n) is 10.9. The van der Waals surface area contributed by atoms with Crippen molar-refractivity contribution in [2.24, 2.45) is 5.73 Å². The molecule has 1 atom stereocenters. The van der Waals surface area contributed by atoms with E-state index in [2.05, 4.69) is 5.32 Å². The van der Waals surface area contributed by atoms with E-state index in [1.807, 2.05) is 5.32 Å². The van der Waals surface area contributed by atoms with Gasteiger partial charge in [0.2, 0.25) is 5.91 Å². The maximum absolute atomic E-state index is 13.5. The van der Waals surface area contributed by atoms with Gasteiger partial charge < -0.3 is 21.5 Å². The lowest BCUT2D eigenvalue weighted by atomic mass is 10.2. The molecule has 9 heteroatoms. The van der Waals surface area contributed by atoms with Gasteiger partial charge in [-0.2, -0.15) is 0 Å². The monoisotopic (exact) mass is 301 g/mol. The molecule has 3 amide bonds. The van der Waals surface area contributed by atoms with Gasteiger partial charge in [-0.25, -0.2) is 18.4 Å². The molecule has 7 nitrogen and oxygen atoms in total. The van der Waals surface area contributed by atoms with Crippen LogP contribution in [0, 0.1) is 11.6 Å². The van der Waals surface area contributed by atoms with E-state index >= 15 is 0 Å². The smallest absolute Gasteiger partial charge is 0.338 e. The fraction of sp³-hybridized carbons (Fsp3) is 0.250. The van der Waals surface area contributed by atoms with Crippen molar-refractivity contribution in [3.8, 4) is 0 Å². The van der Waals surface area contributed by atoms with Gasteiger partial charge in [-0.3, -0.25) is 4.79 Å². The Morgan fingerprint density at radius 3 is 2.43 bits per heavy atom. The summed E-state index contributed by atoms with van der Waals surface area (Å²) in [5.41, 5.74) is 3.66. The molecule has 0 aromatic heterocycles. The summed E-state index contributed by atoms with van der Waals surface area (Å²) in [6.07, 6.45) is -0.125. The number of carbonyl (C=O) groups excluding carboxylic acids is 2. The number of anilines is 1. The molecule has 0 heterocycles. The van der Waals surface area contributed by atoms with Gasteiger partial charge in [0, 0.05) is 18.5 Å². The molecule has 1 aromatic rings.